The second kappa shape index (κ2) is 10.9. The molecule has 0 spiro atoms. The number of hydrogen-bond acceptors (Lipinski definition) is 9. The van der Waals surface area contributed by atoms with Gasteiger partial charge in [-0.15, -0.1) is 5.10 Å². The van der Waals surface area contributed by atoms with Crippen molar-refractivity contribution in [1.29, 1.82) is 0 Å². The topological polar surface area (TPSA) is 111 Å². The quantitative estimate of drug-likeness (QED) is 0.367. The average molecular weight is 558 g/mol. The lowest BCUT2D eigenvalue weighted by atomic mass is 10.00. The van der Waals surface area contributed by atoms with E-state index >= 15 is 0 Å². The number of aromatic nitrogens is 5. The molecular weight excluding hydrogens is 522 g/mol. The van der Waals surface area contributed by atoms with E-state index in [1.165, 1.54) is 11.1 Å². The van der Waals surface area contributed by atoms with E-state index in [-0.39, 0.29) is 24.5 Å². The molecule has 0 unspecified atom stereocenters. The van der Waals surface area contributed by atoms with Gasteiger partial charge < -0.3 is 19.2 Å². The second-order valence-electron chi connectivity index (χ2n) is 11.3. The Labute approximate surface area is 238 Å². The van der Waals surface area contributed by atoms with Gasteiger partial charge in [0.15, 0.2) is 17.3 Å². The molecule has 0 bridgehead atoms. The van der Waals surface area contributed by atoms with Gasteiger partial charge in [-0.3, -0.25) is 14.6 Å². The highest BCUT2D eigenvalue weighted by Gasteiger charge is 2.33. The lowest BCUT2D eigenvalue weighted by Crippen LogP contribution is -2.48. The number of benzene rings is 2. The Balaban J connectivity index is 1.18. The van der Waals surface area contributed by atoms with Gasteiger partial charge in [0.25, 0.3) is 5.56 Å². The van der Waals surface area contributed by atoms with Gasteiger partial charge in [0, 0.05) is 50.4 Å². The van der Waals surface area contributed by atoms with Gasteiger partial charge in [0.1, 0.15) is 6.04 Å². The molecule has 2 atom stereocenters. The molecule has 7 rings (SSSR count). The number of ether oxygens (including phenoxy) is 3. The molecule has 214 valence electrons. The molecule has 0 amide bonds. The van der Waals surface area contributed by atoms with Crippen LogP contribution in [-0.2, 0) is 17.8 Å². The Hall–Kier alpha value is -3.80. The van der Waals surface area contributed by atoms with Crippen LogP contribution in [0.5, 0.6) is 11.5 Å². The maximum absolute atomic E-state index is 13.6. The number of H-pyrrole nitrogens is 1. The molecule has 4 aromatic rings. The molecule has 11 heteroatoms. The maximum Gasteiger partial charge on any atom is 0.253 e. The minimum absolute atomic E-state index is 0.0805. The number of aromatic amines is 1. The standard InChI is InChI=1S/C30H35N7O4/c1-19-12-22-15-24(30(38)31-25(22)13-20(19)2)28(29-32-33-34-37(29)17-23-4-3-11-39-23)36-9-7-35(8-10-36)16-21-5-6-26-27(14-21)41-18-40-26/h5-6,12-15,23,28H,3-4,7-11,16-18H2,1-2H3,(H,31,38)/t23-,28-/m1/s1. The fraction of sp³-hybridized carbons (Fsp3) is 0.467. The molecule has 41 heavy (non-hydrogen) atoms. The minimum atomic E-state index is -0.381. The molecule has 5 heterocycles. The lowest BCUT2D eigenvalue weighted by Gasteiger charge is -2.38. The number of tetrazole rings is 1. The van der Waals surface area contributed by atoms with Crippen molar-refractivity contribution < 1.29 is 14.2 Å². The van der Waals surface area contributed by atoms with Crippen molar-refractivity contribution in [3.63, 3.8) is 0 Å². The number of aryl methyl sites for hydroxylation is 2. The van der Waals surface area contributed by atoms with Gasteiger partial charge in [0.2, 0.25) is 6.79 Å². The third kappa shape index (κ3) is 5.20. The fourth-order valence-corrected chi connectivity index (χ4v) is 6.19. The van der Waals surface area contributed by atoms with Crippen LogP contribution in [-0.4, -0.2) is 80.7 Å². The zero-order chi connectivity index (χ0) is 27.9. The van der Waals surface area contributed by atoms with Crippen LogP contribution >= 0.6 is 0 Å². The Morgan fingerprint density at radius 1 is 1.02 bits per heavy atom. The monoisotopic (exact) mass is 557 g/mol. The van der Waals surface area contributed by atoms with Crippen molar-refractivity contribution >= 4 is 10.9 Å². The van der Waals surface area contributed by atoms with Gasteiger partial charge in [-0.2, -0.15) is 0 Å². The van der Waals surface area contributed by atoms with E-state index in [0.717, 1.165) is 80.1 Å². The Morgan fingerprint density at radius 3 is 2.68 bits per heavy atom. The van der Waals surface area contributed by atoms with Crippen LogP contribution in [0.25, 0.3) is 10.9 Å². The summed E-state index contributed by atoms with van der Waals surface area (Å²) in [6.45, 7) is 9.83. The number of fused-ring (bicyclic) bond motifs is 2. The van der Waals surface area contributed by atoms with Crippen molar-refractivity contribution in [3.05, 3.63) is 74.8 Å². The Kier molecular flexibility index (Phi) is 6.93. The predicted octanol–water partition coefficient (Wildman–Crippen LogP) is 2.95. The van der Waals surface area contributed by atoms with E-state index in [1.54, 1.807) is 0 Å². The van der Waals surface area contributed by atoms with E-state index in [4.69, 9.17) is 14.2 Å². The molecule has 0 radical (unpaired) electrons. The van der Waals surface area contributed by atoms with Crippen LogP contribution in [0.3, 0.4) is 0 Å². The number of nitrogens with zero attached hydrogens (tertiary/aromatic N) is 6. The molecule has 2 aromatic heterocycles. The van der Waals surface area contributed by atoms with Crippen molar-refractivity contribution in [2.75, 3.05) is 39.6 Å². The molecule has 1 N–H and O–H groups in total. The molecule has 0 saturated carbocycles. The first-order valence-electron chi connectivity index (χ1n) is 14.4. The summed E-state index contributed by atoms with van der Waals surface area (Å²) in [5.74, 6) is 2.28. The van der Waals surface area contributed by atoms with Gasteiger partial charge in [0.05, 0.1) is 12.6 Å². The summed E-state index contributed by atoms with van der Waals surface area (Å²) < 4.78 is 18.8. The highest BCUT2D eigenvalue weighted by Crippen LogP contribution is 2.33. The SMILES string of the molecule is Cc1cc2cc([C@H](c3nnnn3C[C@H]3CCCO3)N3CCN(Cc4ccc5c(c4)OCO5)CC3)c(=O)[nH]c2cc1C. The van der Waals surface area contributed by atoms with Crippen LogP contribution < -0.4 is 15.0 Å². The van der Waals surface area contributed by atoms with Gasteiger partial charge in [-0.25, -0.2) is 4.68 Å². The highest BCUT2D eigenvalue weighted by molar-refractivity contribution is 5.81. The van der Waals surface area contributed by atoms with Crippen molar-refractivity contribution in [1.82, 2.24) is 35.0 Å². The maximum atomic E-state index is 13.6. The number of rotatable bonds is 7. The average Bonchev–Trinajstić information content (AvgIpc) is 3.75. The summed E-state index contributed by atoms with van der Waals surface area (Å²) >= 11 is 0. The van der Waals surface area contributed by atoms with E-state index in [9.17, 15) is 4.79 Å². The number of pyridine rings is 1. The molecule has 2 saturated heterocycles. The molecule has 0 aliphatic carbocycles. The molecule has 2 fully saturated rings. The molecule has 11 nitrogen and oxygen atoms in total. The first kappa shape index (κ1) is 26.1. The van der Waals surface area contributed by atoms with Crippen LogP contribution in [0, 0.1) is 13.8 Å². The Morgan fingerprint density at radius 2 is 1.85 bits per heavy atom. The normalized spacial score (nSPS) is 20.2. The van der Waals surface area contributed by atoms with Crippen molar-refractivity contribution in [2.24, 2.45) is 0 Å². The highest BCUT2D eigenvalue weighted by atomic mass is 16.7. The fourth-order valence-electron chi connectivity index (χ4n) is 6.19. The summed E-state index contributed by atoms with van der Waals surface area (Å²) in [6, 6.07) is 12.0. The molecule has 3 aliphatic heterocycles. The minimum Gasteiger partial charge on any atom is -0.454 e. The molecule has 3 aliphatic rings. The van der Waals surface area contributed by atoms with Gasteiger partial charge >= 0.3 is 0 Å². The largest absolute Gasteiger partial charge is 0.454 e. The first-order valence-corrected chi connectivity index (χ1v) is 14.4. The van der Waals surface area contributed by atoms with E-state index < -0.39 is 0 Å². The van der Waals surface area contributed by atoms with Crippen molar-refractivity contribution in [3.8, 4) is 11.5 Å². The third-order valence-corrected chi connectivity index (χ3v) is 8.60. The Bertz CT molecular complexity index is 1620. The van der Waals surface area contributed by atoms with Crippen LogP contribution in [0.15, 0.2) is 41.2 Å². The van der Waals surface area contributed by atoms with Crippen LogP contribution in [0.4, 0.5) is 0 Å². The predicted molar refractivity (Wildman–Crippen MR) is 152 cm³/mol. The van der Waals surface area contributed by atoms with Gasteiger partial charge in [-0.1, -0.05) is 6.07 Å². The smallest absolute Gasteiger partial charge is 0.253 e. The van der Waals surface area contributed by atoms with E-state index in [0.29, 0.717) is 17.9 Å². The molecule has 2 aromatic carbocycles. The van der Waals surface area contributed by atoms with Crippen LogP contribution in [0.2, 0.25) is 0 Å². The van der Waals surface area contributed by atoms with E-state index in [1.807, 2.05) is 22.9 Å². The summed E-state index contributed by atoms with van der Waals surface area (Å²) in [7, 11) is 0. The third-order valence-electron chi connectivity index (χ3n) is 8.60. The van der Waals surface area contributed by atoms with Crippen LogP contribution in [0.1, 0.15) is 47.0 Å². The first-order chi connectivity index (χ1) is 20.0. The summed E-state index contributed by atoms with van der Waals surface area (Å²) in [5, 5.41) is 13.9. The molecular formula is C30H35N7O4. The van der Waals surface area contributed by atoms with E-state index in [2.05, 4.69) is 62.4 Å². The number of piperazine rings is 1. The lowest BCUT2D eigenvalue weighted by molar-refractivity contribution is 0.0840. The van der Waals surface area contributed by atoms with Gasteiger partial charge in [-0.05, 0) is 89.5 Å². The number of nitrogens with one attached hydrogen (secondary N) is 1. The summed E-state index contributed by atoms with van der Waals surface area (Å²) in [4.78, 5) is 21.6. The van der Waals surface area contributed by atoms with Crippen molar-refractivity contribution in [2.45, 2.75) is 51.9 Å². The summed E-state index contributed by atoms with van der Waals surface area (Å²) in [5.41, 5.74) is 4.92. The zero-order valence-corrected chi connectivity index (χ0v) is 23.5. The second-order valence-corrected chi connectivity index (χ2v) is 11.3. The summed E-state index contributed by atoms with van der Waals surface area (Å²) in [6.07, 6.45) is 2.11. The number of hydrogen-bond donors (Lipinski definition) is 1. The zero-order valence-electron chi connectivity index (χ0n) is 23.5.